The molecule has 1 aromatic rings. The summed E-state index contributed by atoms with van der Waals surface area (Å²) < 4.78 is 0. The molecule has 1 atom stereocenters. The Morgan fingerprint density at radius 3 is 2.67 bits per heavy atom. The van der Waals surface area contributed by atoms with Gasteiger partial charge in [-0.25, -0.2) is 0 Å². The first-order valence-electron chi connectivity index (χ1n) is 7.27. The number of halogens is 1. The van der Waals surface area contributed by atoms with E-state index in [-0.39, 0.29) is 30.6 Å². The summed E-state index contributed by atoms with van der Waals surface area (Å²) in [5.74, 6) is 0.803. The molecular weight excluding hydrogens is 290 g/mol. The van der Waals surface area contributed by atoms with Gasteiger partial charge in [0.1, 0.15) is 5.75 Å². The molecule has 0 aliphatic carbocycles. The summed E-state index contributed by atoms with van der Waals surface area (Å²) in [6.07, 6.45) is 1.85. The highest BCUT2D eigenvalue weighted by Crippen LogP contribution is 2.22. The molecule has 0 aliphatic heterocycles. The first-order valence-corrected chi connectivity index (χ1v) is 7.65. The summed E-state index contributed by atoms with van der Waals surface area (Å²) in [7, 11) is 0. The van der Waals surface area contributed by atoms with Gasteiger partial charge in [-0.3, -0.25) is 4.79 Å². The van der Waals surface area contributed by atoms with Gasteiger partial charge in [0.15, 0.2) is 0 Å². The van der Waals surface area contributed by atoms with Crippen LogP contribution in [0.5, 0.6) is 5.75 Å². The van der Waals surface area contributed by atoms with E-state index >= 15 is 0 Å². The molecule has 1 aromatic carbocycles. The van der Waals surface area contributed by atoms with Crippen molar-refractivity contribution in [3.05, 3.63) is 28.8 Å². The van der Waals surface area contributed by atoms with Crippen molar-refractivity contribution >= 4 is 17.5 Å². The van der Waals surface area contributed by atoms with E-state index in [1.165, 1.54) is 12.1 Å². The number of rotatable bonds is 8. The van der Waals surface area contributed by atoms with Crippen molar-refractivity contribution in [2.75, 3.05) is 13.2 Å². The van der Waals surface area contributed by atoms with Crippen LogP contribution in [0.25, 0.3) is 0 Å². The monoisotopic (exact) mass is 313 g/mol. The summed E-state index contributed by atoms with van der Waals surface area (Å²) >= 11 is 5.98. The highest BCUT2D eigenvalue weighted by Gasteiger charge is 2.13. The summed E-state index contributed by atoms with van der Waals surface area (Å²) in [6.45, 7) is 4.95. The van der Waals surface area contributed by atoms with Crippen LogP contribution in [-0.2, 0) is 11.2 Å². The van der Waals surface area contributed by atoms with Gasteiger partial charge >= 0.3 is 0 Å². The molecule has 0 aromatic heterocycles. The Bertz CT molecular complexity index is 463. The zero-order valence-corrected chi connectivity index (χ0v) is 13.4. The van der Waals surface area contributed by atoms with Crippen LogP contribution >= 0.6 is 11.6 Å². The van der Waals surface area contributed by atoms with Crippen LogP contribution in [0.15, 0.2) is 18.2 Å². The van der Waals surface area contributed by atoms with Crippen molar-refractivity contribution in [2.45, 2.75) is 33.1 Å². The van der Waals surface area contributed by atoms with Gasteiger partial charge in [0, 0.05) is 18.2 Å². The third-order valence-electron chi connectivity index (χ3n) is 3.32. The topological polar surface area (TPSA) is 69.6 Å². The fourth-order valence-electron chi connectivity index (χ4n) is 2.33. The van der Waals surface area contributed by atoms with Crippen LogP contribution in [0, 0.1) is 11.8 Å². The lowest BCUT2D eigenvalue weighted by atomic mass is 9.94. The minimum Gasteiger partial charge on any atom is -0.508 e. The number of hydrogen-bond acceptors (Lipinski definition) is 3. The summed E-state index contributed by atoms with van der Waals surface area (Å²) in [6, 6.07) is 4.59. The molecular formula is C16H24ClNO3. The third-order valence-corrected chi connectivity index (χ3v) is 3.67. The second-order valence-corrected chi connectivity index (χ2v) is 6.17. The zero-order chi connectivity index (χ0) is 15.8. The van der Waals surface area contributed by atoms with E-state index in [4.69, 9.17) is 16.7 Å². The number of carbonyl (C=O) groups excluding carboxylic acids is 1. The highest BCUT2D eigenvalue weighted by molar-refractivity contribution is 6.31. The molecule has 3 N–H and O–H groups in total. The SMILES string of the molecule is CC(C)CC(CCO)CNC(=O)Cc1ccc(O)cc1Cl. The number of nitrogens with one attached hydrogen (secondary N) is 1. The van der Waals surface area contributed by atoms with Gasteiger partial charge in [-0.2, -0.15) is 0 Å². The average molecular weight is 314 g/mol. The third kappa shape index (κ3) is 6.82. The Morgan fingerprint density at radius 2 is 2.10 bits per heavy atom. The lowest BCUT2D eigenvalue weighted by Crippen LogP contribution is -2.31. The fourth-order valence-corrected chi connectivity index (χ4v) is 2.57. The number of aliphatic hydroxyl groups excluding tert-OH is 1. The number of benzene rings is 1. The standard InChI is InChI=1S/C16H24ClNO3/c1-11(2)7-12(5-6-19)10-18-16(21)8-13-3-4-14(20)9-15(13)17/h3-4,9,11-12,19-20H,5-8,10H2,1-2H3,(H,18,21). The number of carbonyl (C=O) groups is 1. The molecule has 21 heavy (non-hydrogen) atoms. The molecule has 0 saturated carbocycles. The van der Waals surface area contributed by atoms with Crippen LogP contribution in [-0.4, -0.2) is 29.3 Å². The van der Waals surface area contributed by atoms with E-state index in [0.717, 1.165) is 6.42 Å². The number of aromatic hydroxyl groups is 1. The lowest BCUT2D eigenvalue weighted by molar-refractivity contribution is -0.120. The van der Waals surface area contributed by atoms with Gasteiger partial charge in [0.2, 0.25) is 5.91 Å². The lowest BCUT2D eigenvalue weighted by Gasteiger charge is -2.18. The Balaban J connectivity index is 2.48. The quantitative estimate of drug-likeness (QED) is 0.691. The number of amides is 1. The summed E-state index contributed by atoms with van der Waals surface area (Å²) in [5.41, 5.74) is 0.689. The molecule has 0 saturated heterocycles. The van der Waals surface area contributed by atoms with Gasteiger partial charge < -0.3 is 15.5 Å². The first-order chi connectivity index (χ1) is 9.92. The molecule has 1 rings (SSSR count). The summed E-state index contributed by atoms with van der Waals surface area (Å²) in [4.78, 5) is 11.9. The molecule has 118 valence electrons. The predicted molar refractivity (Wildman–Crippen MR) is 84.5 cm³/mol. The molecule has 0 radical (unpaired) electrons. The van der Waals surface area contributed by atoms with Gasteiger partial charge in [-0.15, -0.1) is 0 Å². The second kappa shape index (κ2) is 8.90. The molecule has 4 nitrogen and oxygen atoms in total. The Morgan fingerprint density at radius 1 is 1.38 bits per heavy atom. The molecule has 0 heterocycles. The van der Waals surface area contributed by atoms with Gasteiger partial charge in [-0.1, -0.05) is 31.5 Å². The van der Waals surface area contributed by atoms with E-state index in [0.29, 0.717) is 29.5 Å². The minimum absolute atomic E-state index is 0.0871. The molecule has 0 spiro atoms. The van der Waals surface area contributed by atoms with Crippen LogP contribution in [0.1, 0.15) is 32.3 Å². The smallest absolute Gasteiger partial charge is 0.224 e. The molecule has 5 heteroatoms. The number of phenols is 1. The maximum Gasteiger partial charge on any atom is 0.224 e. The normalized spacial score (nSPS) is 12.4. The minimum atomic E-state index is -0.103. The fraction of sp³-hybridized carbons (Fsp3) is 0.562. The van der Waals surface area contributed by atoms with Crippen LogP contribution in [0.2, 0.25) is 5.02 Å². The average Bonchev–Trinajstić information content (AvgIpc) is 2.39. The highest BCUT2D eigenvalue weighted by atomic mass is 35.5. The van der Waals surface area contributed by atoms with E-state index in [9.17, 15) is 9.90 Å². The van der Waals surface area contributed by atoms with Gasteiger partial charge in [0.05, 0.1) is 6.42 Å². The van der Waals surface area contributed by atoms with Gasteiger partial charge in [-0.05, 0) is 42.4 Å². The molecule has 0 aliphatic rings. The van der Waals surface area contributed by atoms with Crippen molar-refractivity contribution in [1.82, 2.24) is 5.32 Å². The number of phenolic OH excluding ortho intramolecular Hbond substituents is 1. The molecule has 1 unspecified atom stereocenters. The largest absolute Gasteiger partial charge is 0.508 e. The molecule has 0 fully saturated rings. The Hall–Kier alpha value is -1.26. The van der Waals surface area contributed by atoms with Crippen molar-refractivity contribution in [1.29, 1.82) is 0 Å². The van der Waals surface area contributed by atoms with Crippen LogP contribution in [0.3, 0.4) is 0 Å². The maximum absolute atomic E-state index is 11.9. The van der Waals surface area contributed by atoms with Crippen molar-refractivity contribution in [3.63, 3.8) is 0 Å². The number of hydrogen-bond donors (Lipinski definition) is 3. The predicted octanol–water partition coefficient (Wildman–Crippen LogP) is 2.75. The first kappa shape index (κ1) is 17.8. The van der Waals surface area contributed by atoms with Crippen molar-refractivity contribution in [3.8, 4) is 5.75 Å². The van der Waals surface area contributed by atoms with E-state index in [1.807, 2.05) is 0 Å². The Labute approximate surface area is 131 Å². The van der Waals surface area contributed by atoms with E-state index in [2.05, 4.69) is 19.2 Å². The van der Waals surface area contributed by atoms with E-state index in [1.54, 1.807) is 6.07 Å². The maximum atomic E-state index is 11.9. The Kier molecular flexibility index (Phi) is 7.54. The molecule has 0 bridgehead atoms. The van der Waals surface area contributed by atoms with Gasteiger partial charge in [0.25, 0.3) is 0 Å². The van der Waals surface area contributed by atoms with Crippen LogP contribution < -0.4 is 5.32 Å². The van der Waals surface area contributed by atoms with E-state index < -0.39 is 0 Å². The summed E-state index contributed by atoms with van der Waals surface area (Å²) in [5, 5.41) is 21.6. The van der Waals surface area contributed by atoms with Crippen molar-refractivity contribution in [2.24, 2.45) is 11.8 Å². The van der Waals surface area contributed by atoms with Crippen LogP contribution in [0.4, 0.5) is 0 Å². The van der Waals surface area contributed by atoms with Crippen molar-refractivity contribution < 1.29 is 15.0 Å². The molecule has 1 amide bonds. The second-order valence-electron chi connectivity index (χ2n) is 5.76. The zero-order valence-electron chi connectivity index (χ0n) is 12.6. The number of aliphatic hydroxyl groups is 1.